The molecule has 0 fully saturated rings. The summed E-state index contributed by atoms with van der Waals surface area (Å²) in [6.07, 6.45) is 0. The molecule has 2 aromatic rings. The number of halogens is 1. The lowest BCUT2D eigenvalue weighted by Crippen LogP contribution is -2.01. The van der Waals surface area contributed by atoms with Crippen molar-refractivity contribution in [2.75, 3.05) is 5.75 Å². The van der Waals surface area contributed by atoms with Crippen LogP contribution in [0.4, 0.5) is 4.39 Å². The van der Waals surface area contributed by atoms with E-state index in [0.29, 0.717) is 10.5 Å². The van der Waals surface area contributed by atoms with Gasteiger partial charge in [0.2, 0.25) is 0 Å². The van der Waals surface area contributed by atoms with Crippen molar-refractivity contribution in [3.8, 4) is 11.5 Å². The predicted molar refractivity (Wildman–Crippen MR) is 71.2 cm³/mol. The number of phenols is 2. The van der Waals surface area contributed by atoms with Crippen LogP contribution in [0.15, 0.2) is 47.4 Å². The zero-order valence-electron chi connectivity index (χ0n) is 9.84. The van der Waals surface area contributed by atoms with Gasteiger partial charge in [-0.1, -0.05) is 6.07 Å². The van der Waals surface area contributed by atoms with Crippen molar-refractivity contribution in [1.29, 1.82) is 0 Å². The second-order valence-corrected chi connectivity index (χ2v) is 4.92. The van der Waals surface area contributed by atoms with Crippen LogP contribution >= 0.6 is 11.8 Å². The van der Waals surface area contributed by atoms with Gasteiger partial charge in [-0.05, 0) is 36.4 Å². The Hall–Kier alpha value is -2.01. The molecule has 5 heteroatoms. The van der Waals surface area contributed by atoms with E-state index in [9.17, 15) is 14.3 Å². The number of benzene rings is 2. The van der Waals surface area contributed by atoms with Crippen LogP contribution in [-0.2, 0) is 0 Å². The third kappa shape index (κ3) is 3.48. The zero-order chi connectivity index (χ0) is 13.8. The molecule has 2 rings (SSSR count). The van der Waals surface area contributed by atoms with Crippen LogP contribution in [0.2, 0.25) is 0 Å². The van der Waals surface area contributed by atoms with Gasteiger partial charge >= 0.3 is 0 Å². The highest BCUT2D eigenvalue weighted by Crippen LogP contribution is 2.26. The maximum atomic E-state index is 13.0. The largest absolute Gasteiger partial charge is 0.504 e. The smallest absolute Gasteiger partial charge is 0.173 e. The van der Waals surface area contributed by atoms with Crippen molar-refractivity contribution in [2.24, 2.45) is 0 Å². The molecule has 98 valence electrons. The first-order valence-corrected chi connectivity index (χ1v) is 6.48. The third-order valence-corrected chi connectivity index (χ3v) is 3.46. The normalized spacial score (nSPS) is 10.4. The first-order valence-electron chi connectivity index (χ1n) is 5.50. The fourth-order valence-corrected chi connectivity index (χ4v) is 2.32. The average Bonchev–Trinajstić information content (AvgIpc) is 2.39. The number of Topliss-reactive ketones (excluding diaryl/α,β-unsaturated/α-hetero) is 1. The SMILES string of the molecule is O=C(CSc1cccc(F)c1)c1ccc(O)c(O)c1. The molecule has 0 aliphatic carbocycles. The Kier molecular flexibility index (Phi) is 4.06. The quantitative estimate of drug-likeness (QED) is 0.512. The fraction of sp³-hybridized carbons (Fsp3) is 0.0714. The van der Waals surface area contributed by atoms with Gasteiger partial charge in [0.05, 0.1) is 5.75 Å². The molecule has 19 heavy (non-hydrogen) atoms. The average molecular weight is 278 g/mol. The Morgan fingerprint density at radius 3 is 2.58 bits per heavy atom. The Morgan fingerprint density at radius 2 is 1.89 bits per heavy atom. The molecule has 0 heterocycles. The van der Waals surface area contributed by atoms with Crippen molar-refractivity contribution in [2.45, 2.75) is 4.90 Å². The summed E-state index contributed by atoms with van der Waals surface area (Å²) in [7, 11) is 0. The van der Waals surface area contributed by atoms with E-state index in [0.717, 1.165) is 0 Å². The van der Waals surface area contributed by atoms with E-state index in [1.54, 1.807) is 12.1 Å². The molecule has 0 spiro atoms. The van der Waals surface area contributed by atoms with Crippen LogP contribution in [-0.4, -0.2) is 21.7 Å². The second kappa shape index (κ2) is 5.75. The predicted octanol–water partition coefficient (Wildman–Crippen LogP) is 3.21. The minimum absolute atomic E-state index is 0.133. The molecule has 0 radical (unpaired) electrons. The molecular weight excluding hydrogens is 267 g/mol. The standard InChI is InChI=1S/C14H11FO3S/c15-10-2-1-3-11(7-10)19-8-14(18)9-4-5-12(16)13(17)6-9/h1-7,16-17H,8H2. The van der Waals surface area contributed by atoms with Crippen molar-refractivity contribution >= 4 is 17.5 Å². The van der Waals surface area contributed by atoms with Gasteiger partial charge in [-0.15, -0.1) is 11.8 Å². The van der Waals surface area contributed by atoms with Gasteiger partial charge in [0, 0.05) is 10.5 Å². The Bertz CT molecular complexity index is 613. The van der Waals surface area contributed by atoms with E-state index < -0.39 is 0 Å². The summed E-state index contributed by atoms with van der Waals surface area (Å²) in [4.78, 5) is 12.5. The lowest BCUT2D eigenvalue weighted by molar-refractivity contribution is 0.102. The molecule has 0 saturated carbocycles. The number of aromatic hydroxyl groups is 2. The lowest BCUT2D eigenvalue weighted by atomic mass is 10.1. The van der Waals surface area contributed by atoms with Crippen LogP contribution in [0, 0.1) is 5.82 Å². The van der Waals surface area contributed by atoms with Gasteiger partial charge < -0.3 is 10.2 Å². The maximum Gasteiger partial charge on any atom is 0.173 e. The van der Waals surface area contributed by atoms with Gasteiger partial charge in [-0.25, -0.2) is 4.39 Å². The molecule has 0 aromatic heterocycles. The molecule has 0 unspecified atom stereocenters. The number of thioether (sulfide) groups is 1. The molecule has 0 bridgehead atoms. The molecule has 0 aliphatic heterocycles. The lowest BCUT2D eigenvalue weighted by Gasteiger charge is -2.03. The van der Waals surface area contributed by atoms with Gasteiger partial charge in [0.15, 0.2) is 17.3 Å². The number of hydrogen-bond donors (Lipinski definition) is 2. The fourth-order valence-electron chi connectivity index (χ4n) is 1.49. The molecule has 0 atom stereocenters. The Labute approximate surface area is 113 Å². The van der Waals surface area contributed by atoms with E-state index in [1.807, 2.05) is 0 Å². The first kappa shape index (κ1) is 13.4. The molecule has 0 saturated heterocycles. The minimum atomic E-state index is -0.347. The number of phenolic OH excluding ortho intramolecular Hbond substituents is 2. The summed E-state index contributed by atoms with van der Waals surface area (Å²) in [5, 5.41) is 18.5. The second-order valence-electron chi connectivity index (χ2n) is 3.87. The van der Waals surface area contributed by atoms with Crippen LogP contribution in [0.5, 0.6) is 11.5 Å². The van der Waals surface area contributed by atoms with Crippen LogP contribution in [0.3, 0.4) is 0 Å². The summed E-state index contributed by atoms with van der Waals surface area (Å²) in [6.45, 7) is 0. The minimum Gasteiger partial charge on any atom is -0.504 e. The van der Waals surface area contributed by atoms with E-state index in [-0.39, 0.29) is 28.9 Å². The summed E-state index contributed by atoms with van der Waals surface area (Å²) >= 11 is 1.21. The number of rotatable bonds is 4. The van der Waals surface area contributed by atoms with Crippen molar-refractivity contribution in [3.63, 3.8) is 0 Å². The summed E-state index contributed by atoms with van der Waals surface area (Å²) in [5.74, 6) is -1.02. The summed E-state index contributed by atoms with van der Waals surface area (Å²) < 4.78 is 13.0. The van der Waals surface area contributed by atoms with E-state index in [1.165, 1.54) is 42.1 Å². The number of carbonyl (C=O) groups excluding carboxylic acids is 1. The Balaban J connectivity index is 2.03. The summed E-state index contributed by atoms with van der Waals surface area (Å²) in [6, 6.07) is 9.89. The van der Waals surface area contributed by atoms with Gasteiger partial charge in [0.1, 0.15) is 5.82 Å². The summed E-state index contributed by atoms with van der Waals surface area (Å²) in [5.41, 5.74) is 0.305. The topological polar surface area (TPSA) is 57.5 Å². The van der Waals surface area contributed by atoms with Gasteiger partial charge in [-0.2, -0.15) is 0 Å². The highest BCUT2D eigenvalue weighted by molar-refractivity contribution is 8.00. The van der Waals surface area contributed by atoms with Gasteiger partial charge in [-0.3, -0.25) is 4.79 Å². The van der Waals surface area contributed by atoms with E-state index in [2.05, 4.69) is 0 Å². The highest BCUT2D eigenvalue weighted by atomic mass is 32.2. The number of carbonyl (C=O) groups is 1. The number of hydrogen-bond acceptors (Lipinski definition) is 4. The first-order chi connectivity index (χ1) is 9.06. The van der Waals surface area contributed by atoms with Crippen LogP contribution in [0.1, 0.15) is 10.4 Å². The monoisotopic (exact) mass is 278 g/mol. The van der Waals surface area contributed by atoms with Crippen molar-refractivity contribution in [1.82, 2.24) is 0 Å². The molecule has 0 aliphatic rings. The molecular formula is C14H11FO3S. The highest BCUT2D eigenvalue weighted by Gasteiger charge is 2.09. The van der Waals surface area contributed by atoms with Crippen molar-refractivity contribution in [3.05, 3.63) is 53.8 Å². The van der Waals surface area contributed by atoms with Gasteiger partial charge in [0.25, 0.3) is 0 Å². The molecule has 3 nitrogen and oxygen atoms in total. The zero-order valence-corrected chi connectivity index (χ0v) is 10.7. The van der Waals surface area contributed by atoms with Crippen LogP contribution < -0.4 is 0 Å². The van der Waals surface area contributed by atoms with E-state index in [4.69, 9.17) is 5.11 Å². The Morgan fingerprint density at radius 1 is 1.11 bits per heavy atom. The van der Waals surface area contributed by atoms with Crippen molar-refractivity contribution < 1.29 is 19.4 Å². The van der Waals surface area contributed by atoms with E-state index >= 15 is 0 Å². The maximum absolute atomic E-state index is 13.0. The molecule has 0 amide bonds. The van der Waals surface area contributed by atoms with Crippen LogP contribution in [0.25, 0.3) is 0 Å². The number of ketones is 1. The molecule has 2 aromatic carbocycles. The third-order valence-electron chi connectivity index (χ3n) is 2.46. The molecule has 2 N–H and O–H groups in total.